The summed E-state index contributed by atoms with van der Waals surface area (Å²) in [6, 6.07) is 11.9. The summed E-state index contributed by atoms with van der Waals surface area (Å²) >= 11 is 0. The second kappa shape index (κ2) is 3.86. The van der Waals surface area contributed by atoms with Gasteiger partial charge in [-0.05, 0) is 17.7 Å². The van der Waals surface area contributed by atoms with Crippen LogP contribution in [-0.2, 0) is 6.54 Å². The lowest BCUT2D eigenvalue weighted by Crippen LogP contribution is -2.14. The minimum Gasteiger partial charge on any atom is -0.508 e. The summed E-state index contributed by atoms with van der Waals surface area (Å²) in [5.41, 5.74) is 2.32. The number of benzene rings is 2. The number of hydrogen-bond acceptors (Lipinski definition) is 2. The number of fused-ring (bicyclic) bond motifs is 1. The molecule has 2 nitrogen and oxygen atoms in total. The van der Waals surface area contributed by atoms with Crippen LogP contribution in [0.3, 0.4) is 0 Å². The highest BCUT2D eigenvalue weighted by atomic mass is 19.1. The Labute approximate surface area is 98.7 Å². The highest BCUT2D eigenvalue weighted by Crippen LogP contribution is 2.36. The molecule has 2 aromatic carbocycles. The first-order chi connectivity index (χ1) is 8.27. The highest BCUT2D eigenvalue weighted by molar-refractivity contribution is 5.46. The van der Waals surface area contributed by atoms with Gasteiger partial charge in [-0.15, -0.1) is 0 Å². The third-order valence-corrected chi connectivity index (χ3v) is 3.18. The lowest BCUT2D eigenvalue weighted by Gasteiger charge is -2.14. The zero-order valence-electron chi connectivity index (χ0n) is 9.15. The number of hydrogen-bond donors (Lipinski definition) is 2. The number of phenolic OH excluding ortho intramolecular Hbond substituents is 1. The molecule has 0 saturated carbocycles. The molecular formula is C14H12FNO. The minimum atomic E-state index is -0.257. The molecule has 3 rings (SSSR count). The topological polar surface area (TPSA) is 32.3 Å². The van der Waals surface area contributed by atoms with Gasteiger partial charge in [0.1, 0.15) is 11.6 Å². The van der Waals surface area contributed by atoms with Crippen molar-refractivity contribution in [1.29, 1.82) is 0 Å². The minimum absolute atomic E-state index is 0.195. The van der Waals surface area contributed by atoms with Crippen LogP contribution in [0.25, 0.3) is 0 Å². The van der Waals surface area contributed by atoms with E-state index in [4.69, 9.17) is 0 Å². The molecule has 1 unspecified atom stereocenters. The van der Waals surface area contributed by atoms with Gasteiger partial charge in [0.25, 0.3) is 0 Å². The Morgan fingerprint density at radius 1 is 1.12 bits per heavy atom. The Bertz CT molecular complexity index is 568. The molecule has 0 amide bonds. The van der Waals surface area contributed by atoms with E-state index in [9.17, 15) is 9.50 Å². The second-order valence-electron chi connectivity index (χ2n) is 4.19. The first kappa shape index (κ1) is 10.3. The van der Waals surface area contributed by atoms with Crippen molar-refractivity contribution in [2.45, 2.75) is 12.6 Å². The van der Waals surface area contributed by atoms with Crippen LogP contribution in [-0.4, -0.2) is 5.11 Å². The summed E-state index contributed by atoms with van der Waals surface area (Å²) in [7, 11) is 0. The van der Waals surface area contributed by atoms with Gasteiger partial charge in [0.15, 0.2) is 0 Å². The SMILES string of the molecule is Oc1ccccc1C1NCc2cccc(F)c21. The standard InChI is InChI=1S/C14H12FNO/c15-11-6-3-4-9-8-16-14(13(9)11)10-5-1-2-7-12(10)17/h1-7,14,16-17H,8H2. The zero-order valence-corrected chi connectivity index (χ0v) is 9.15. The van der Waals surface area contributed by atoms with Crippen LogP contribution in [0.15, 0.2) is 42.5 Å². The molecule has 0 saturated heterocycles. The van der Waals surface area contributed by atoms with E-state index in [0.29, 0.717) is 12.1 Å². The predicted molar refractivity (Wildman–Crippen MR) is 63.2 cm³/mol. The normalized spacial score (nSPS) is 18.1. The van der Waals surface area contributed by atoms with Crippen LogP contribution >= 0.6 is 0 Å². The fraction of sp³-hybridized carbons (Fsp3) is 0.143. The molecule has 17 heavy (non-hydrogen) atoms. The van der Waals surface area contributed by atoms with Crippen LogP contribution in [0.5, 0.6) is 5.75 Å². The number of para-hydroxylation sites is 1. The first-order valence-corrected chi connectivity index (χ1v) is 5.56. The van der Waals surface area contributed by atoms with Crippen LogP contribution in [0, 0.1) is 5.82 Å². The van der Waals surface area contributed by atoms with Crippen molar-refractivity contribution in [2.75, 3.05) is 0 Å². The molecule has 86 valence electrons. The van der Waals surface area contributed by atoms with Crippen LogP contribution in [0.1, 0.15) is 22.7 Å². The average Bonchev–Trinajstić information content (AvgIpc) is 2.75. The van der Waals surface area contributed by atoms with E-state index < -0.39 is 0 Å². The Kier molecular flexibility index (Phi) is 2.34. The van der Waals surface area contributed by atoms with Gasteiger partial charge in [0, 0.05) is 17.7 Å². The smallest absolute Gasteiger partial charge is 0.128 e. The van der Waals surface area contributed by atoms with Crippen molar-refractivity contribution in [3.63, 3.8) is 0 Å². The van der Waals surface area contributed by atoms with E-state index in [1.807, 2.05) is 18.2 Å². The van der Waals surface area contributed by atoms with Gasteiger partial charge in [-0.1, -0.05) is 30.3 Å². The monoisotopic (exact) mass is 229 g/mol. The third kappa shape index (κ3) is 1.59. The Balaban J connectivity index is 2.13. The fourth-order valence-electron chi connectivity index (χ4n) is 2.37. The molecule has 0 radical (unpaired) electrons. The summed E-state index contributed by atoms with van der Waals surface area (Å²) in [6.45, 7) is 0.631. The lowest BCUT2D eigenvalue weighted by atomic mass is 9.97. The van der Waals surface area contributed by atoms with E-state index in [-0.39, 0.29) is 17.6 Å². The number of nitrogens with one attached hydrogen (secondary N) is 1. The Morgan fingerprint density at radius 2 is 1.94 bits per heavy atom. The number of rotatable bonds is 1. The van der Waals surface area contributed by atoms with Crippen LogP contribution < -0.4 is 5.32 Å². The van der Waals surface area contributed by atoms with E-state index in [1.54, 1.807) is 18.2 Å². The van der Waals surface area contributed by atoms with Gasteiger partial charge in [-0.2, -0.15) is 0 Å². The van der Waals surface area contributed by atoms with Crippen molar-refractivity contribution >= 4 is 0 Å². The average molecular weight is 229 g/mol. The molecule has 0 aliphatic carbocycles. The Morgan fingerprint density at radius 3 is 2.76 bits per heavy atom. The molecule has 1 heterocycles. The molecule has 0 spiro atoms. The molecule has 0 aromatic heterocycles. The predicted octanol–water partition coefficient (Wildman–Crippen LogP) is 2.72. The lowest BCUT2D eigenvalue weighted by molar-refractivity contribution is 0.459. The quantitative estimate of drug-likeness (QED) is 0.788. The van der Waals surface area contributed by atoms with Crippen molar-refractivity contribution < 1.29 is 9.50 Å². The van der Waals surface area contributed by atoms with E-state index in [2.05, 4.69) is 5.32 Å². The molecular weight excluding hydrogens is 217 g/mol. The number of halogens is 1. The Hall–Kier alpha value is -1.87. The van der Waals surface area contributed by atoms with Gasteiger partial charge >= 0.3 is 0 Å². The molecule has 3 heteroatoms. The van der Waals surface area contributed by atoms with Gasteiger partial charge in [-0.25, -0.2) is 4.39 Å². The number of phenols is 1. The van der Waals surface area contributed by atoms with Crippen molar-refractivity contribution in [3.05, 3.63) is 65.0 Å². The van der Waals surface area contributed by atoms with Gasteiger partial charge in [-0.3, -0.25) is 0 Å². The molecule has 2 N–H and O–H groups in total. The zero-order chi connectivity index (χ0) is 11.8. The van der Waals surface area contributed by atoms with Gasteiger partial charge in [0.2, 0.25) is 0 Å². The molecule has 0 bridgehead atoms. The van der Waals surface area contributed by atoms with E-state index >= 15 is 0 Å². The second-order valence-corrected chi connectivity index (χ2v) is 4.19. The van der Waals surface area contributed by atoms with Crippen LogP contribution in [0.4, 0.5) is 4.39 Å². The molecule has 1 atom stereocenters. The summed E-state index contributed by atoms with van der Waals surface area (Å²) in [5.74, 6) is -0.0261. The largest absolute Gasteiger partial charge is 0.508 e. The van der Waals surface area contributed by atoms with E-state index in [1.165, 1.54) is 6.07 Å². The van der Waals surface area contributed by atoms with E-state index in [0.717, 1.165) is 11.1 Å². The maximum absolute atomic E-state index is 13.8. The highest BCUT2D eigenvalue weighted by Gasteiger charge is 2.27. The van der Waals surface area contributed by atoms with Gasteiger partial charge in [0.05, 0.1) is 6.04 Å². The van der Waals surface area contributed by atoms with Gasteiger partial charge < -0.3 is 10.4 Å². The number of aromatic hydroxyl groups is 1. The van der Waals surface area contributed by atoms with Crippen molar-refractivity contribution in [2.24, 2.45) is 0 Å². The first-order valence-electron chi connectivity index (χ1n) is 5.56. The summed E-state index contributed by atoms with van der Waals surface area (Å²) < 4.78 is 13.8. The maximum Gasteiger partial charge on any atom is 0.128 e. The molecule has 0 fully saturated rings. The molecule has 2 aromatic rings. The van der Waals surface area contributed by atoms with Crippen LogP contribution in [0.2, 0.25) is 0 Å². The maximum atomic E-state index is 13.8. The fourth-order valence-corrected chi connectivity index (χ4v) is 2.37. The third-order valence-electron chi connectivity index (χ3n) is 3.18. The molecule has 1 aliphatic rings. The summed E-state index contributed by atoms with van der Waals surface area (Å²) in [5, 5.41) is 13.0. The molecule has 1 aliphatic heterocycles. The van der Waals surface area contributed by atoms with Crippen molar-refractivity contribution in [1.82, 2.24) is 5.32 Å². The summed E-state index contributed by atoms with van der Waals surface area (Å²) in [6.07, 6.45) is 0. The van der Waals surface area contributed by atoms with Crippen molar-refractivity contribution in [3.8, 4) is 5.75 Å². The summed E-state index contributed by atoms with van der Waals surface area (Å²) in [4.78, 5) is 0.